The first-order valence-corrected chi connectivity index (χ1v) is 9.87. The van der Waals surface area contributed by atoms with Crippen molar-refractivity contribution >= 4 is 33.8 Å². The summed E-state index contributed by atoms with van der Waals surface area (Å²) >= 11 is 0. The third-order valence-electron chi connectivity index (χ3n) is 4.89. The standard InChI is InChI=1S/C25H26N2O2/c1-18(16-25(29)27-23-12-6-5-11-22(23)26)8-2-7-13-24(28)21-15-14-19-9-3-4-10-20(19)17-21/h3-6,9-12,14-17H,2,7-8,13,26H2,1H3,(H,27,29). The number of nitrogen functional groups attached to an aromatic ring is 1. The first-order chi connectivity index (χ1) is 14.0. The summed E-state index contributed by atoms with van der Waals surface area (Å²) in [7, 11) is 0. The summed E-state index contributed by atoms with van der Waals surface area (Å²) in [4.78, 5) is 24.6. The minimum absolute atomic E-state index is 0.162. The second kappa shape index (κ2) is 9.69. The van der Waals surface area contributed by atoms with Crippen LogP contribution < -0.4 is 11.1 Å². The van der Waals surface area contributed by atoms with Gasteiger partial charge in [0.2, 0.25) is 5.91 Å². The van der Waals surface area contributed by atoms with Crippen LogP contribution in [0.4, 0.5) is 11.4 Å². The Morgan fingerprint density at radius 2 is 1.59 bits per heavy atom. The SMILES string of the molecule is CC(=CC(=O)Nc1ccccc1N)CCCCC(=O)c1ccc2ccccc2c1. The summed E-state index contributed by atoms with van der Waals surface area (Å²) < 4.78 is 0. The van der Waals surface area contributed by atoms with Gasteiger partial charge in [-0.3, -0.25) is 9.59 Å². The highest BCUT2D eigenvalue weighted by atomic mass is 16.1. The van der Waals surface area contributed by atoms with E-state index in [4.69, 9.17) is 5.73 Å². The molecular weight excluding hydrogens is 360 g/mol. The predicted molar refractivity (Wildman–Crippen MR) is 120 cm³/mol. The van der Waals surface area contributed by atoms with Crippen molar-refractivity contribution in [2.45, 2.75) is 32.6 Å². The maximum atomic E-state index is 12.5. The molecule has 0 unspecified atom stereocenters. The van der Waals surface area contributed by atoms with Gasteiger partial charge < -0.3 is 11.1 Å². The lowest BCUT2D eigenvalue weighted by Crippen LogP contribution is -2.10. The van der Waals surface area contributed by atoms with Gasteiger partial charge in [-0.15, -0.1) is 0 Å². The number of carbonyl (C=O) groups is 2. The summed E-state index contributed by atoms with van der Waals surface area (Å²) in [6, 6.07) is 21.1. The highest BCUT2D eigenvalue weighted by Crippen LogP contribution is 2.19. The van der Waals surface area contributed by atoms with E-state index in [9.17, 15) is 9.59 Å². The number of Topliss-reactive ketones (excluding diaryl/α,β-unsaturated/α-hetero) is 1. The van der Waals surface area contributed by atoms with E-state index >= 15 is 0 Å². The van der Waals surface area contributed by atoms with Crippen LogP contribution >= 0.6 is 0 Å². The number of allylic oxidation sites excluding steroid dienone is 1. The zero-order chi connectivity index (χ0) is 20.6. The molecule has 0 radical (unpaired) electrons. The number of nitrogens with two attached hydrogens (primary N) is 1. The molecule has 0 atom stereocenters. The maximum absolute atomic E-state index is 12.5. The van der Waals surface area contributed by atoms with Gasteiger partial charge in [-0.25, -0.2) is 0 Å². The summed E-state index contributed by atoms with van der Waals surface area (Å²) in [5, 5.41) is 5.02. The van der Waals surface area contributed by atoms with Crippen LogP contribution in [0.15, 0.2) is 78.4 Å². The van der Waals surface area contributed by atoms with E-state index < -0.39 is 0 Å². The smallest absolute Gasteiger partial charge is 0.248 e. The molecular formula is C25H26N2O2. The van der Waals surface area contributed by atoms with Crippen molar-refractivity contribution in [3.05, 3.63) is 83.9 Å². The van der Waals surface area contributed by atoms with Gasteiger partial charge in [-0.05, 0) is 55.2 Å². The molecule has 29 heavy (non-hydrogen) atoms. The van der Waals surface area contributed by atoms with Crippen LogP contribution in [-0.4, -0.2) is 11.7 Å². The topological polar surface area (TPSA) is 72.2 Å². The summed E-state index contributed by atoms with van der Waals surface area (Å²) in [5.74, 6) is -0.0256. The minimum atomic E-state index is -0.187. The van der Waals surface area contributed by atoms with E-state index in [0.29, 0.717) is 17.8 Å². The second-order valence-corrected chi connectivity index (χ2v) is 7.26. The first kappa shape index (κ1) is 20.3. The lowest BCUT2D eigenvalue weighted by molar-refractivity contribution is -0.112. The molecule has 3 aromatic rings. The Morgan fingerprint density at radius 1 is 0.897 bits per heavy atom. The van der Waals surface area contributed by atoms with Crippen molar-refractivity contribution in [2.75, 3.05) is 11.1 Å². The molecule has 0 fully saturated rings. The number of nitrogens with one attached hydrogen (secondary N) is 1. The van der Waals surface area contributed by atoms with Crippen molar-refractivity contribution in [2.24, 2.45) is 0 Å². The van der Waals surface area contributed by atoms with E-state index in [1.807, 2.05) is 61.5 Å². The predicted octanol–water partition coefficient (Wildman–Crippen LogP) is 5.75. The first-order valence-electron chi connectivity index (χ1n) is 9.87. The number of hydrogen-bond acceptors (Lipinski definition) is 3. The molecule has 3 aromatic carbocycles. The van der Waals surface area contributed by atoms with Gasteiger partial charge in [-0.1, -0.05) is 54.1 Å². The number of para-hydroxylation sites is 2. The molecule has 3 N–H and O–H groups in total. The van der Waals surface area contributed by atoms with Crippen molar-refractivity contribution in [1.82, 2.24) is 0 Å². The van der Waals surface area contributed by atoms with Gasteiger partial charge >= 0.3 is 0 Å². The van der Waals surface area contributed by atoms with Crippen LogP contribution in [0.5, 0.6) is 0 Å². The molecule has 148 valence electrons. The van der Waals surface area contributed by atoms with Gasteiger partial charge in [0.05, 0.1) is 11.4 Å². The van der Waals surface area contributed by atoms with Gasteiger partial charge in [0.25, 0.3) is 0 Å². The number of benzene rings is 3. The number of amides is 1. The van der Waals surface area contributed by atoms with Crippen LogP contribution in [0, 0.1) is 0 Å². The molecule has 0 aliphatic carbocycles. The molecule has 0 spiro atoms. The molecule has 0 saturated carbocycles. The monoisotopic (exact) mass is 386 g/mol. The van der Waals surface area contributed by atoms with E-state index in [1.54, 1.807) is 18.2 Å². The van der Waals surface area contributed by atoms with E-state index in [-0.39, 0.29) is 11.7 Å². The van der Waals surface area contributed by atoms with Crippen LogP contribution in [0.3, 0.4) is 0 Å². The number of unbranched alkanes of at least 4 members (excludes halogenated alkanes) is 1. The fourth-order valence-electron chi connectivity index (χ4n) is 3.27. The lowest BCUT2D eigenvalue weighted by atomic mass is 10.00. The highest BCUT2D eigenvalue weighted by molar-refractivity contribution is 6.01. The summed E-state index contributed by atoms with van der Waals surface area (Å²) in [5.41, 5.74) is 8.73. The second-order valence-electron chi connectivity index (χ2n) is 7.26. The van der Waals surface area contributed by atoms with Crippen molar-refractivity contribution in [3.63, 3.8) is 0 Å². The summed E-state index contributed by atoms with van der Waals surface area (Å²) in [6.07, 6.45) is 4.55. The Labute approximate surface area is 171 Å². The molecule has 0 aliphatic heterocycles. The molecule has 0 heterocycles. The molecule has 0 aromatic heterocycles. The fourth-order valence-corrected chi connectivity index (χ4v) is 3.27. The van der Waals surface area contributed by atoms with Crippen molar-refractivity contribution in [3.8, 4) is 0 Å². The van der Waals surface area contributed by atoms with E-state index in [2.05, 4.69) is 5.32 Å². The third-order valence-corrected chi connectivity index (χ3v) is 4.89. The number of rotatable bonds is 8. The van der Waals surface area contributed by atoms with Gasteiger partial charge in [-0.2, -0.15) is 0 Å². The number of hydrogen-bond donors (Lipinski definition) is 2. The number of carbonyl (C=O) groups excluding carboxylic acids is 2. The quantitative estimate of drug-likeness (QED) is 0.224. The Hall–Kier alpha value is -3.40. The molecule has 0 aliphatic rings. The van der Waals surface area contributed by atoms with Crippen molar-refractivity contribution < 1.29 is 9.59 Å². The van der Waals surface area contributed by atoms with Crippen molar-refractivity contribution in [1.29, 1.82) is 0 Å². The molecule has 4 heteroatoms. The average Bonchev–Trinajstić information content (AvgIpc) is 2.72. The summed E-state index contributed by atoms with van der Waals surface area (Å²) in [6.45, 7) is 1.93. The van der Waals surface area contributed by atoms with Crippen LogP contribution in [-0.2, 0) is 4.79 Å². The zero-order valence-corrected chi connectivity index (χ0v) is 16.7. The van der Waals surface area contributed by atoms with E-state index in [1.165, 1.54) is 0 Å². The largest absolute Gasteiger partial charge is 0.397 e. The normalized spacial score (nSPS) is 11.4. The van der Waals surface area contributed by atoms with Crippen LogP contribution in [0.2, 0.25) is 0 Å². The van der Waals surface area contributed by atoms with E-state index in [0.717, 1.165) is 41.2 Å². The third kappa shape index (κ3) is 5.79. The Balaban J connectivity index is 1.45. The molecule has 1 amide bonds. The van der Waals surface area contributed by atoms with Gasteiger partial charge in [0, 0.05) is 18.1 Å². The van der Waals surface area contributed by atoms with Gasteiger partial charge in [0.15, 0.2) is 5.78 Å². The Bertz CT molecular complexity index is 1050. The number of anilines is 2. The lowest BCUT2D eigenvalue weighted by Gasteiger charge is -2.07. The molecule has 0 saturated heterocycles. The molecule has 0 bridgehead atoms. The Morgan fingerprint density at radius 3 is 2.38 bits per heavy atom. The molecule has 4 nitrogen and oxygen atoms in total. The number of ketones is 1. The maximum Gasteiger partial charge on any atom is 0.248 e. The van der Waals surface area contributed by atoms with Crippen LogP contribution in [0.1, 0.15) is 43.0 Å². The highest BCUT2D eigenvalue weighted by Gasteiger charge is 2.07. The molecule has 3 rings (SSSR count). The minimum Gasteiger partial charge on any atom is -0.397 e. The number of fused-ring (bicyclic) bond motifs is 1. The Kier molecular flexibility index (Phi) is 6.80. The zero-order valence-electron chi connectivity index (χ0n) is 16.7. The fraction of sp³-hybridized carbons (Fsp3) is 0.200. The van der Waals surface area contributed by atoms with Crippen LogP contribution in [0.25, 0.3) is 10.8 Å². The average molecular weight is 386 g/mol. The van der Waals surface area contributed by atoms with Gasteiger partial charge in [0.1, 0.15) is 0 Å².